The van der Waals surface area contributed by atoms with Gasteiger partial charge in [0, 0.05) is 0 Å². The smallest absolute Gasteiger partial charge is 0.240 e. The molecule has 0 aliphatic heterocycles. The molecule has 0 spiro atoms. The Kier molecular flexibility index (Phi) is 16.5. The van der Waals surface area contributed by atoms with E-state index in [0.29, 0.717) is 0 Å². The maximum Gasteiger partial charge on any atom is 0.240 e. The molecule has 0 saturated heterocycles. The Balaban J connectivity index is -0.000000107. The van der Waals surface area contributed by atoms with Crippen LogP contribution in [0.25, 0.3) is 0 Å². The molecule has 0 aliphatic carbocycles. The predicted molar refractivity (Wildman–Crippen MR) is 43.8 cm³/mol. The molecular formula is C6H13N3O2. The van der Waals surface area contributed by atoms with Crippen LogP contribution >= 0.6 is 0 Å². The molecule has 5 nitrogen and oxygen atoms in total. The summed E-state index contributed by atoms with van der Waals surface area (Å²) in [5.41, 5.74) is 9.07. The van der Waals surface area contributed by atoms with E-state index in [1.54, 1.807) is 0 Å². The van der Waals surface area contributed by atoms with Gasteiger partial charge in [-0.3, -0.25) is 9.59 Å². The third-order valence-electron chi connectivity index (χ3n) is 0.402. The van der Waals surface area contributed by atoms with E-state index in [1.807, 2.05) is 0 Å². The molecule has 0 unspecified atom stereocenters. The van der Waals surface area contributed by atoms with Crippen LogP contribution in [-0.2, 0) is 9.59 Å². The Morgan fingerprint density at radius 3 is 1.09 bits per heavy atom. The van der Waals surface area contributed by atoms with Gasteiger partial charge in [0.05, 0.1) is 0 Å². The quantitative estimate of drug-likeness (QED) is 0.470. The van der Waals surface area contributed by atoms with E-state index in [-0.39, 0.29) is 6.15 Å². The van der Waals surface area contributed by atoms with Gasteiger partial charge >= 0.3 is 0 Å². The second kappa shape index (κ2) is 11.2. The van der Waals surface area contributed by atoms with Crippen LogP contribution in [0.5, 0.6) is 0 Å². The summed E-state index contributed by atoms with van der Waals surface area (Å²) >= 11 is 0. The number of nitrogens with two attached hydrogens (primary N) is 2. The first-order valence-electron chi connectivity index (χ1n) is 2.38. The van der Waals surface area contributed by atoms with Crippen molar-refractivity contribution in [3.63, 3.8) is 0 Å². The summed E-state index contributed by atoms with van der Waals surface area (Å²) in [5.74, 6) is -0.963. The summed E-state index contributed by atoms with van der Waals surface area (Å²) in [5, 5.41) is 0. The molecule has 64 valence electrons. The number of amides is 2. The molecule has 0 atom stereocenters. The van der Waals surface area contributed by atoms with Gasteiger partial charge in [0.1, 0.15) is 0 Å². The largest absolute Gasteiger partial charge is 0.366 e. The molecule has 0 saturated carbocycles. The van der Waals surface area contributed by atoms with Gasteiger partial charge in [-0.1, -0.05) is 13.2 Å². The van der Waals surface area contributed by atoms with Crippen molar-refractivity contribution in [2.75, 3.05) is 0 Å². The van der Waals surface area contributed by atoms with E-state index in [9.17, 15) is 9.59 Å². The molecule has 0 aromatic heterocycles. The summed E-state index contributed by atoms with van der Waals surface area (Å²) < 4.78 is 0. The Labute approximate surface area is 65.3 Å². The zero-order chi connectivity index (χ0) is 8.57. The number of carbonyl (C=O) groups is 2. The van der Waals surface area contributed by atoms with Crippen molar-refractivity contribution >= 4 is 11.8 Å². The number of carbonyl (C=O) groups excluding carboxylic acids is 2. The van der Waals surface area contributed by atoms with Crippen molar-refractivity contribution < 1.29 is 9.59 Å². The number of hydrogen-bond donors (Lipinski definition) is 3. The SMILES string of the molecule is C=CC(N)=O.C=CC(N)=O.N. The Bertz CT molecular complexity index is 136. The van der Waals surface area contributed by atoms with Crippen LogP contribution in [0.1, 0.15) is 0 Å². The zero-order valence-electron chi connectivity index (χ0n) is 6.25. The van der Waals surface area contributed by atoms with Gasteiger partial charge in [-0.05, 0) is 12.2 Å². The molecule has 11 heavy (non-hydrogen) atoms. The van der Waals surface area contributed by atoms with E-state index >= 15 is 0 Å². The van der Waals surface area contributed by atoms with E-state index in [1.165, 1.54) is 0 Å². The molecule has 0 aromatic carbocycles. The van der Waals surface area contributed by atoms with Crippen molar-refractivity contribution in [1.29, 1.82) is 0 Å². The van der Waals surface area contributed by atoms with Crippen LogP contribution in [-0.4, -0.2) is 11.8 Å². The van der Waals surface area contributed by atoms with Crippen LogP contribution in [0.15, 0.2) is 25.3 Å². The highest BCUT2D eigenvalue weighted by molar-refractivity contribution is 5.85. The lowest BCUT2D eigenvalue weighted by Crippen LogP contribution is -2.04. The van der Waals surface area contributed by atoms with Gasteiger partial charge in [-0.2, -0.15) is 0 Å². The minimum atomic E-state index is -0.481. The molecule has 0 rings (SSSR count). The second-order valence-corrected chi connectivity index (χ2v) is 1.21. The van der Waals surface area contributed by atoms with Crippen LogP contribution in [0.4, 0.5) is 0 Å². The van der Waals surface area contributed by atoms with Gasteiger partial charge in [-0.25, -0.2) is 0 Å². The minimum Gasteiger partial charge on any atom is -0.366 e. The van der Waals surface area contributed by atoms with Crippen LogP contribution < -0.4 is 17.6 Å². The maximum absolute atomic E-state index is 9.47. The van der Waals surface area contributed by atoms with Gasteiger partial charge in [0.15, 0.2) is 0 Å². The van der Waals surface area contributed by atoms with Crippen LogP contribution in [0.3, 0.4) is 0 Å². The van der Waals surface area contributed by atoms with Crippen molar-refractivity contribution in [3.05, 3.63) is 25.3 Å². The van der Waals surface area contributed by atoms with Gasteiger partial charge in [0.2, 0.25) is 11.8 Å². The maximum atomic E-state index is 9.47. The Hall–Kier alpha value is -1.62. The first kappa shape index (κ1) is 16.2. The molecule has 0 aromatic rings. The molecule has 7 N–H and O–H groups in total. The highest BCUT2D eigenvalue weighted by Crippen LogP contribution is 1.49. The lowest BCUT2D eigenvalue weighted by Gasteiger charge is -1.65. The Morgan fingerprint density at radius 1 is 1.00 bits per heavy atom. The third-order valence-corrected chi connectivity index (χ3v) is 0.402. The van der Waals surface area contributed by atoms with Gasteiger partial charge < -0.3 is 17.6 Å². The van der Waals surface area contributed by atoms with Gasteiger partial charge in [0.25, 0.3) is 0 Å². The molecule has 5 heteroatoms. The number of primary amides is 2. The van der Waals surface area contributed by atoms with Crippen LogP contribution in [0.2, 0.25) is 0 Å². The molecular weight excluding hydrogens is 146 g/mol. The van der Waals surface area contributed by atoms with E-state index in [4.69, 9.17) is 0 Å². The van der Waals surface area contributed by atoms with Crippen molar-refractivity contribution in [1.82, 2.24) is 6.15 Å². The van der Waals surface area contributed by atoms with Crippen molar-refractivity contribution in [2.24, 2.45) is 11.5 Å². The molecule has 0 aliphatic rings. The number of hydrogen-bond acceptors (Lipinski definition) is 3. The zero-order valence-corrected chi connectivity index (χ0v) is 6.25. The predicted octanol–water partition coefficient (Wildman–Crippen LogP) is -0.523. The topological polar surface area (TPSA) is 121 Å². The molecule has 0 bridgehead atoms. The van der Waals surface area contributed by atoms with E-state index in [2.05, 4.69) is 24.6 Å². The summed E-state index contributed by atoms with van der Waals surface area (Å²) in [6, 6.07) is 0. The first-order valence-corrected chi connectivity index (χ1v) is 2.38. The molecule has 0 radical (unpaired) electrons. The lowest BCUT2D eigenvalue weighted by atomic mass is 10.6. The second-order valence-electron chi connectivity index (χ2n) is 1.21. The first-order chi connectivity index (χ1) is 4.54. The average molecular weight is 159 g/mol. The normalized spacial score (nSPS) is 5.82. The number of rotatable bonds is 2. The fraction of sp³-hybridized carbons (Fsp3) is 0. The fourth-order valence-corrected chi connectivity index (χ4v) is 0. The summed E-state index contributed by atoms with van der Waals surface area (Å²) in [6.07, 6.45) is 2.11. The third kappa shape index (κ3) is 60.2. The minimum absolute atomic E-state index is 0. The van der Waals surface area contributed by atoms with Crippen molar-refractivity contribution in [3.8, 4) is 0 Å². The Morgan fingerprint density at radius 2 is 1.09 bits per heavy atom. The van der Waals surface area contributed by atoms with E-state index < -0.39 is 11.8 Å². The molecule has 0 fully saturated rings. The molecule has 0 heterocycles. The highest BCUT2D eigenvalue weighted by atomic mass is 16.1. The summed E-state index contributed by atoms with van der Waals surface area (Å²) in [4.78, 5) is 18.9. The lowest BCUT2D eigenvalue weighted by molar-refractivity contribution is -0.114. The van der Waals surface area contributed by atoms with Gasteiger partial charge in [-0.15, -0.1) is 0 Å². The molecule has 2 amide bonds. The fourth-order valence-electron chi connectivity index (χ4n) is 0. The monoisotopic (exact) mass is 159 g/mol. The standard InChI is InChI=1S/2C3H5NO.H3N/c2*1-2-3(4)5;/h2*2H,1H2,(H2,4,5);1H3. The highest BCUT2D eigenvalue weighted by Gasteiger charge is 1.69. The van der Waals surface area contributed by atoms with E-state index in [0.717, 1.165) is 12.2 Å². The summed E-state index contributed by atoms with van der Waals surface area (Å²) in [7, 11) is 0. The van der Waals surface area contributed by atoms with Crippen LogP contribution in [0, 0.1) is 0 Å². The van der Waals surface area contributed by atoms with Crippen molar-refractivity contribution in [2.45, 2.75) is 0 Å². The average Bonchev–Trinajstić information content (AvgIpc) is 1.89. The summed E-state index contributed by atoms with van der Waals surface area (Å²) in [6.45, 7) is 6.17.